The normalized spacial score (nSPS) is 14.3. The summed E-state index contributed by atoms with van der Waals surface area (Å²) in [7, 11) is 0. The van der Waals surface area contributed by atoms with Gasteiger partial charge in [-0.05, 0) is 19.3 Å². The van der Waals surface area contributed by atoms with Crippen molar-refractivity contribution in [2.75, 3.05) is 13.2 Å². The lowest BCUT2D eigenvalue weighted by Crippen LogP contribution is -2.27. The number of hydrogen-bond donors (Lipinski definition) is 3. The number of aliphatic hydroxyl groups excluding tert-OH is 3. The highest BCUT2D eigenvalue weighted by atomic mass is 16.6. The van der Waals surface area contributed by atoms with E-state index in [2.05, 4.69) is 13.8 Å². The largest absolute Gasteiger partial charge is 0.463 e. The highest BCUT2D eigenvalue weighted by Gasteiger charge is 2.21. The van der Waals surface area contributed by atoms with Crippen molar-refractivity contribution in [2.45, 2.75) is 109 Å². The van der Waals surface area contributed by atoms with E-state index in [1.807, 2.05) is 0 Å². The van der Waals surface area contributed by atoms with Crippen LogP contribution in [0, 0.1) is 0 Å². The van der Waals surface area contributed by atoms with Gasteiger partial charge in [0, 0.05) is 0 Å². The van der Waals surface area contributed by atoms with Crippen molar-refractivity contribution in [1.29, 1.82) is 0 Å². The maximum absolute atomic E-state index is 12.1. The van der Waals surface area contributed by atoms with Crippen LogP contribution in [0.4, 0.5) is 0 Å². The van der Waals surface area contributed by atoms with Gasteiger partial charge in [-0.25, -0.2) is 0 Å². The van der Waals surface area contributed by atoms with E-state index in [4.69, 9.17) is 14.6 Å². The Morgan fingerprint density at radius 1 is 0.786 bits per heavy atom. The molecule has 0 spiro atoms. The molecule has 0 rings (SSSR count). The Morgan fingerprint density at radius 3 is 1.96 bits per heavy atom. The molecule has 28 heavy (non-hydrogen) atoms. The SMILES string of the molecule is CCCCCC[C@H](O)CC(=O)O[C@@H](CCCCCC)CC(=O)OC[C@@H](O)CO. The van der Waals surface area contributed by atoms with E-state index >= 15 is 0 Å². The van der Waals surface area contributed by atoms with Crippen LogP contribution >= 0.6 is 0 Å². The van der Waals surface area contributed by atoms with Crippen molar-refractivity contribution in [3.63, 3.8) is 0 Å². The first-order valence-electron chi connectivity index (χ1n) is 10.7. The fourth-order valence-corrected chi connectivity index (χ4v) is 2.82. The van der Waals surface area contributed by atoms with Gasteiger partial charge in [0.25, 0.3) is 0 Å². The predicted molar refractivity (Wildman–Crippen MR) is 107 cm³/mol. The van der Waals surface area contributed by atoms with Crippen molar-refractivity contribution in [3.8, 4) is 0 Å². The third-order valence-electron chi connectivity index (χ3n) is 4.51. The molecule has 7 nitrogen and oxygen atoms in total. The van der Waals surface area contributed by atoms with Crippen molar-refractivity contribution in [1.82, 2.24) is 0 Å². The number of rotatable bonds is 18. The second-order valence-electron chi connectivity index (χ2n) is 7.39. The molecule has 7 heteroatoms. The topological polar surface area (TPSA) is 113 Å². The van der Waals surface area contributed by atoms with E-state index in [0.29, 0.717) is 12.8 Å². The minimum absolute atomic E-state index is 0.0736. The number of ether oxygens (including phenoxy) is 2. The molecule has 0 unspecified atom stereocenters. The molecule has 0 aromatic heterocycles. The Balaban J connectivity index is 4.40. The Bertz CT molecular complexity index is 400. The maximum Gasteiger partial charge on any atom is 0.309 e. The molecule has 3 atom stereocenters. The van der Waals surface area contributed by atoms with E-state index in [-0.39, 0.29) is 19.4 Å². The van der Waals surface area contributed by atoms with Crippen molar-refractivity contribution >= 4 is 11.9 Å². The minimum atomic E-state index is -1.11. The predicted octanol–water partition coefficient (Wildman–Crippen LogP) is 2.88. The smallest absolute Gasteiger partial charge is 0.309 e. The average molecular weight is 405 g/mol. The average Bonchev–Trinajstić information content (AvgIpc) is 2.66. The molecule has 0 aliphatic carbocycles. The van der Waals surface area contributed by atoms with Crippen LogP contribution in [-0.4, -0.2) is 58.8 Å². The zero-order valence-electron chi connectivity index (χ0n) is 17.6. The number of carbonyl (C=O) groups excluding carboxylic acids is 2. The van der Waals surface area contributed by atoms with Gasteiger partial charge in [0.1, 0.15) is 18.8 Å². The summed E-state index contributed by atoms with van der Waals surface area (Å²) in [5, 5.41) is 28.0. The quantitative estimate of drug-likeness (QED) is 0.238. The van der Waals surface area contributed by atoms with Gasteiger partial charge in [-0.15, -0.1) is 0 Å². The Kier molecular flexibility index (Phi) is 17.1. The first-order valence-corrected chi connectivity index (χ1v) is 10.7. The molecule has 0 amide bonds. The van der Waals surface area contributed by atoms with Gasteiger partial charge in [0.05, 0.1) is 25.6 Å². The van der Waals surface area contributed by atoms with Gasteiger partial charge in [-0.2, -0.15) is 0 Å². The van der Waals surface area contributed by atoms with Crippen LogP contribution in [0.2, 0.25) is 0 Å². The standard InChI is InChI=1S/C21H40O7/c1-3-5-7-9-11-17(23)13-21(26)28-19(12-10-8-6-4-2)14-20(25)27-16-18(24)15-22/h17-19,22-24H,3-16H2,1-2H3/t17-,18-,19-/m0/s1. The Morgan fingerprint density at radius 2 is 1.39 bits per heavy atom. The first kappa shape index (κ1) is 26.8. The minimum Gasteiger partial charge on any atom is -0.463 e. The summed E-state index contributed by atoms with van der Waals surface area (Å²) in [5.41, 5.74) is 0. The van der Waals surface area contributed by atoms with Crippen LogP contribution in [0.3, 0.4) is 0 Å². The van der Waals surface area contributed by atoms with E-state index in [1.54, 1.807) is 0 Å². The van der Waals surface area contributed by atoms with Gasteiger partial charge in [-0.1, -0.05) is 58.8 Å². The summed E-state index contributed by atoms with van der Waals surface area (Å²) in [6, 6.07) is 0. The molecular weight excluding hydrogens is 364 g/mol. The summed E-state index contributed by atoms with van der Waals surface area (Å²) in [4.78, 5) is 24.0. The van der Waals surface area contributed by atoms with Gasteiger partial charge >= 0.3 is 11.9 Å². The summed E-state index contributed by atoms with van der Waals surface area (Å²) >= 11 is 0. The zero-order chi connectivity index (χ0) is 21.2. The number of aliphatic hydroxyl groups is 3. The zero-order valence-corrected chi connectivity index (χ0v) is 17.6. The van der Waals surface area contributed by atoms with Crippen molar-refractivity contribution in [2.24, 2.45) is 0 Å². The third-order valence-corrected chi connectivity index (χ3v) is 4.51. The molecule has 0 heterocycles. The lowest BCUT2D eigenvalue weighted by atomic mass is 10.1. The monoisotopic (exact) mass is 404 g/mol. The molecule has 3 N–H and O–H groups in total. The number of hydrogen-bond acceptors (Lipinski definition) is 7. The Hall–Kier alpha value is -1.18. The molecule has 0 aromatic carbocycles. The maximum atomic E-state index is 12.1. The highest BCUT2D eigenvalue weighted by molar-refractivity contribution is 5.72. The second kappa shape index (κ2) is 17.9. The molecular formula is C21H40O7. The van der Waals surface area contributed by atoms with Crippen LogP contribution in [0.5, 0.6) is 0 Å². The summed E-state index contributed by atoms with van der Waals surface area (Å²) < 4.78 is 10.3. The molecule has 0 bridgehead atoms. The van der Waals surface area contributed by atoms with Crippen molar-refractivity contribution in [3.05, 3.63) is 0 Å². The van der Waals surface area contributed by atoms with Crippen LogP contribution in [0.25, 0.3) is 0 Å². The number of carbonyl (C=O) groups is 2. The van der Waals surface area contributed by atoms with E-state index in [0.717, 1.165) is 51.4 Å². The lowest BCUT2D eigenvalue weighted by molar-refractivity contribution is -0.158. The van der Waals surface area contributed by atoms with E-state index in [1.165, 1.54) is 0 Å². The number of esters is 2. The molecule has 0 radical (unpaired) electrons. The van der Waals surface area contributed by atoms with Gasteiger partial charge in [0.2, 0.25) is 0 Å². The molecule has 0 saturated heterocycles. The van der Waals surface area contributed by atoms with Gasteiger partial charge < -0.3 is 24.8 Å². The van der Waals surface area contributed by atoms with E-state index in [9.17, 15) is 19.8 Å². The van der Waals surface area contributed by atoms with Crippen LogP contribution in [-0.2, 0) is 19.1 Å². The van der Waals surface area contributed by atoms with Crippen LogP contribution < -0.4 is 0 Å². The van der Waals surface area contributed by atoms with Crippen LogP contribution in [0.1, 0.15) is 90.9 Å². The molecule has 0 saturated carbocycles. The second-order valence-corrected chi connectivity index (χ2v) is 7.39. The van der Waals surface area contributed by atoms with Crippen molar-refractivity contribution < 1.29 is 34.4 Å². The molecule has 0 fully saturated rings. The Labute approximate surface area is 169 Å². The third kappa shape index (κ3) is 15.8. The first-order chi connectivity index (χ1) is 13.4. The fourth-order valence-electron chi connectivity index (χ4n) is 2.82. The highest BCUT2D eigenvalue weighted by Crippen LogP contribution is 2.15. The molecule has 166 valence electrons. The van der Waals surface area contributed by atoms with Gasteiger partial charge in [-0.3, -0.25) is 9.59 Å². The van der Waals surface area contributed by atoms with E-state index < -0.39 is 36.9 Å². The summed E-state index contributed by atoms with van der Waals surface area (Å²) in [6.07, 6.45) is 6.63. The molecule has 0 aliphatic rings. The fraction of sp³-hybridized carbons (Fsp3) is 0.905. The lowest BCUT2D eigenvalue weighted by Gasteiger charge is -2.19. The summed E-state index contributed by atoms with van der Waals surface area (Å²) in [6.45, 7) is 3.44. The van der Waals surface area contributed by atoms with Gasteiger partial charge in [0.15, 0.2) is 0 Å². The molecule has 0 aromatic rings. The van der Waals surface area contributed by atoms with Crippen LogP contribution in [0.15, 0.2) is 0 Å². The number of unbranched alkanes of at least 4 members (excludes halogenated alkanes) is 6. The summed E-state index contributed by atoms with van der Waals surface area (Å²) in [5.74, 6) is -1.09. The molecule has 0 aliphatic heterocycles.